The molecule has 0 amide bonds. The van der Waals surface area contributed by atoms with Crippen molar-refractivity contribution in [1.82, 2.24) is 4.90 Å². The molecule has 1 aliphatic heterocycles. The van der Waals surface area contributed by atoms with E-state index in [9.17, 15) is 15.3 Å². The summed E-state index contributed by atoms with van der Waals surface area (Å²) < 4.78 is 5.23. The second-order valence-electron chi connectivity index (χ2n) is 4.18. The van der Waals surface area contributed by atoms with Crippen molar-refractivity contribution in [2.75, 3.05) is 32.8 Å². The van der Waals surface area contributed by atoms with E-state index in [-0.39, 0.29) is 11.5 Å². The number of β-amino-alcohol motifs (C(OH)–C–C–N with tert-alkyl or cyclic N) is 1. The van der Waals surface area contributed by atoms with Crippen molar-refractivity contribution in [3.63, 3.8) is 0 Å². The molecule has 17 heavy (non-hydrogen) atoms. The summed E-state index contributed by atoms with van der Waals surface area (Å²) in [7, 11) is 0. The number of aliphatic hydroxyl groups is 1. The minimum atomic E-state index is -0.667. The van der Waals surface area contributed by atoms with E-state index in [1.54, 1.807) is 6.07 Å². The molecule has 0 saturated carbocycles. The van der Waals surface area contributed by atoms with Gasteiger partial charge in [0, 0.05) is 19.6 Å². The van der Waals surface area contributed by atoms with Gasteiger partial charge in [-0.15, -0.1) is 0 Å². The van der Waals surface area contributed by atoms with Crippen molar-refractivity contribution < 1.29 is 20.1 Å². The number of benzene rings is 1. The molecule has 94 valence electrons. The first-order valence-corrected chi connectivity index (χ1v) is 5.67. The van der Waals surface area contributed by atoms with Crippen molar-refractivity contribution in [2.24, 2.45) is 0 Å². The fourth-order valence-corrected chi connectivity index (χ4v) is 1.88. The Morgan fingerprint density at radius 1 is 1.18 bits per heavy atom. The number of phenols is 2. The quantitative estimate of drug-likeness (QED) is 0.668. The highest BCUT2D eigenvalue weighted by Crippen LogP contribution is 2.28. The first-order valence-electron chi connectivity index (χ1n) is 5.67. The molecule has 1 atom stereocenters. The van der Waals surface area contributed by atoms with Crippen LogP contribution in [0.4, 0.5) is 0 Å². The van der Waals surface area contributed by atoms with Gasteiger partial charge in [0.2, 0.25) is 0 Å². The molecule has 1 aliphatic rings. The summed E-state index contributed by atoms with van der Waals surface area (Å²) in [5.41, 5.74) is 0.604. The second kappa shape index (κ2) is 5.35. The molecule has 0 aliphatic carbocycles. The van der Waals surface area contributed by atoms with Gasteiger partial charge in [0.05, 0.1) is 19.3 Å². The molecule has 1 heterocycles. The Hall–Kier alpha value is -1.30. The van der Waals surface area contributed by atoms with E-state index >= 15 is 0 Å². The van der Waals surface area contributed by atoms with Crippen LogP contribution in [-0.2, 0) is 4.74 Å². The Bertz CT molecular complexity index is 377. The maximum absolute atomic E-state index is 10.0. The second-order valence-corrected chi connectivity index (χ2v) is 4.18. The molecule has 0 spiro atoms. The van der Waals surface area contributed by atoms with Crippen molar-refractivity contribution in [3.05, 3.63) is 23.8 Å². The molecule has 2 rings (SSSR count). The molecular weight excluding hydrogens is 222 g/mol. The average Bonchev–Trinajstić information content (AvgIpc) is 2.34. The smallest absolute Gasteiger partial charge is 0.157 e. The van der Waals surface area contributed by atoms with Crippen LogP contribution in [0.2, 0.25) is 0 Å². The number of morpholine rings is 1. The van der Waals surface area contributed by atoms with Crippen molar-refractivity contribution >= 4 is 0 Å². The van der Waals surface area contributed by atoms with Crippen molar-refractivity contribution in [1.29, 1.82) is 0 Å². The fourth-order valence-electron chi connectivity index (χ4n) is 1.88. The van der Waals surface area contributed by atoms with E-state index < -0.39 is 6.10 Å². The molecule has 3 N–H and O–H groups in total. The van der Waals surface area contributed by atoms with Crippen LogP contribution in [0, 0.1) is 0 Å². The van der Waals surface area contributed by atoms with Crippen molar-refractivity contribution in [3.8, 4) is 11.5 Å². The summed E-state index contributed by atoms with van der Waals surface area (Å²) in [6.45, 7) is 3.50. The number of ether oxygens (including phenoxy) is 1. The fraction of sp³-hybridized carbons (Fsp3) is 0.500. The van der Waals surface area contributed by atoms with Crippen LogP contribution < -0.4 is 0 Å². The third-order valence-corrected chi connectivity index (χ3v) is 2.92. The van der Waals surface area contributed by atoms with E-state index in [2.05, 4.69) is 4.90 Å². The SMILES string of the molecule is Oc1ccc(C(O)CN2CCOCC2)cc1O. The van der Waals surface area contributed by atoms with Crippen LogP contribution in [0.5, 0.6) is 11.5 Å². The maximum atomic E-state index is 10.0. The third kappa shape index (κ3) is 3.09. The Morgan fingerprint density at radius 3 is 2.53 bits per heavy atom. The molecule has 1 fully saturated rings. The zero-order valence-electron chi connectivity index (χ0n) is 9.54. The van der Waals surface area contributed by atoms with Gasteiger partial charge in [-0.2, -0.15) is 0 Å². The molecule has 1 aromatic rings. The minimum absolute atomic E-state index is 0.174. The lowest BCUT2D eigenvalue weighted by atomic mass is 10.1. The molecule has 1 aromatic carbocycles. The van der Waals surface area contributed by atoms with Crippen LogP contribution in [0.25, 0.3) is 0 Å². The van der Waals surface area contributed by atoms with Crippen molar-refractivity contribution in [2.45, 2.75) is 6.10 Å². The molecule has 0 aromatic heterocycles. The average molecular weight is 239 g/mol. The predicted octanol–water partition coefficient (Wildman–Crippen LogP) is 0.463. The standard InChI is InChI=1S/C12H17NO4/c14-10-2-1-9(7-11(10)15)12(16)8-13-3-5-17-6-4-13/h1-2,7,12,14-16H,3-6,8H2. The largest absolute Gasteiger partial charge is 0.504 e. The summed E-state index contributed by atoms with van der Waals surface area (Å²) in [6, 6.07) is 4.38. The highest BCUT2D eigenvalue weighted by atomic mass is 16.5. The van der Waals surface area contributed by atoms with Crippen LogP contribution in [0.1, 0.15) is 11.7 Å². The van der Waals surface area contributed by atoms with Crippen LogP contribution >= 0.6 is 0 Å². The lowest BCUT2D eigenvalue weighted by Gasteiger charge is -2.28. The van der Waals surface area contributed by atoms with Crippen LogP contribution in [-0.4, -0.2) is 53.1 Å². The van der Waals surface area contributed by atoms with Gasteiger partial charge in [-0.1, -0.05) is 6.07 Å². The van der Waals surface area contributed by atoms with Gasteiger partial charge in [0.25, 0.3) is 0 Å². The molecule has 1 unspecified atom stereocenters. The Kier molecular flexibility index (Phi) is 3.83. The zero-order valence-corrected chi connectivity index (χ0v) is 9.54. The number of rotatable bonds is 3. The molecule has 5 heteroatoms. The number of aliphatic hydroxyl groups excluding tert-OH is 1. The van der Waals surface area contributed by atoms with Gasteiger partial charge in [-0.3, -0.25) is 4.90 Å². The Labute approximate surface area is 99.9 Å². The first kappa shape index (κ1) is 12.2. The summed E-state index contributed by atoms with van der Waals surface area (Å²) in [4.78, 5) is 2.11. The van der Waals surface area contributed by atoms with Crippen LogP contribution in [0.3, 0.4) is 0 Å². The number of aromatic hydroxyl groups is 2. The van der Waals surface area contributed by atoms with E-state index in [1.165, 1.54) is 12.1 Å². The monoisotopic (exact) mass is 239 g/mol. The normalized spacial score (nSPS) is 19.1. The van der Waals surface area contributed by atoms with E-state index in [0.717, 1.165) is 13.1 Å². The summed E-state index contributed by atoms with van der Waals surface area (Å²) in [6.07, 6.45) is -0.667. The number of hydrogen-bond donors (Lipinski definition) is 3. The molecule has 5 nitrogen and oxygen atoms in total. The summed E-state index contributed by atoms with van der Waals surface area (Å²) >= 11 is 0. The third-order valence-electron chi connectivity index (χ3n) is 2.92. The maximum Gasteiger partial charge on any atom is 0.157 e. The zero-order chi connectivity index (χ0) is 12.3. The van der Waals surface area contributed by atoms with Gasteiger partial charge >= 0.3 is 0 Å². The lowest BCUT2D eigenvalue weighted by Crippen LogP contribution is -2.38. The lowest BCUT2D eigenvalue weighted by molar-refractivity contribution is 0.0143. The molecule has 0 bridgehead atoms. The molecular formula is C12H17NO4. The van der Waals surface area contributed by atoms with E-state index in [1.807, 2.05) is 0 Å². The van der Waals surface area contributed by atoms with Gasteiger partial charge < -0.3 is 20.1 Å². The highest BCUT2D eigenvalue weighted by molar-refractivity contribution is 5.41. The number of phenolic OH excluding ortho intramolecular Hbond substituents is 2. The number of nitrogens with zero attached hydrogens (tertiary/aromatic N) is 1. The Morgan fingerprint density at radius 2 is 1.88 bits per heavy atom. The van der Waals surface area contributed by atoms with Gasteiger partial charge in [0.15, 0.2) is 11.5 Å². The van der Waals surface area contributed by atoms with Gasteiger partial charge in [0.1, 0.15) is 0 Å². The Balaban J connectivity index is 1.98. The predicted molar refractivity (Wildman–Crippen MR) is 62.0 cm³/mol. The highest BCUT2D eigenvalue weighted by Gasteiger charge is 2.16. The minimum Gasteiger partial charge on any atom is -0.504 e. The number of hydrogen-bond acceptors (Lipinski definition) is 5. The van der Waals surface area contributed by atoms with Gasteiger partial charge in [-0.05, 0) is 17.7 Å². The van der Waals surface area contributed by atoms with E-state index in [0.29, 0.717) is 25.3 Å². The summed E-state index contributed by atoms with van der Waals surface area (Å²) in [5, 5.41) is 28.6. The topological polar surface area (TPSA) is 73.2 Å². The summed E-state index contributed by atoms with van der Waals surface area (Å²) in [5.74, 6) is -0.379. The molecule has 1 saturated heterocycles. The van der Waals surface area contributed by atoms with Gasteiger partial charge in [-0.25, -0.2) is 0 Å². The van der Waals surface area contributed by atoms with E-state index in [4.69, 9.17) is 4.74 Å². The molecule has 0 radical (unpaired) electrons. The van der Waals surface area contributed by atoms with Crippen LogP contribution in [0.15, 0.2) is 18.2 Å². The first-order chi connectivity index (χ1) is 8.16.